The smallest absolute Gasteiger partial charge is 0.232 e. The second-order valence-corrected chi connectivity index (χ2v) is 7.58. The van der Waals surface area contributed by atoms with Crippen molar-refractivity contribution in [3.63, 3.8) is 0 Å². The molecule has 0 spiro atoms. The fraction of sp³-hybridized carbons (Fsp3) is 0.467. The van der Waals surface area contributed by atoms with Gasteiger partial charge in [-0.15, -0.1) is 0 Å². The van der Waals surface area contributed by atoms with E-state index in [1.54, 1.807) is 19.1 Å². The molecule has 0 heterocycles. The molecule has 1 aromatic rings. The van der Waals surface area contributed by atoms with Crippen LogP contribution in [0.3, 0.4) is 0 Å². The Labute approximate surface area is 120 Å². The number of rotatable bonds is 5. The highest BCUT2D eigenvalue weighted by molar-refractivity contribution is 7.92. The van der Waals surface area contributed by atoms with E-state index in [1.807, 2.05) is 12.1 Å². The van der Waals surface area contributed by atoms with Crippen LogP contribution in [0.15, 0.2) is 36.4 Å². The van der Waals surface area contributed by atoms with Crippen LogP contribution in [0.2, 0.25) is 0 Å². The Morgan fingerprint density at radius 2 is 1.90 bits per heavy atom. The SMILES string of the molecule is CCS(=O)(=O)Nc1ccc(NC2CC3CC=CC32)cc1. The van der Waals surface area contributed by atoms with Crippen LogP contribution in [0, 0.1) is 11.8 Å². The number of nitrogens with one attached hydrogen (secondary N) is 2. The van der Waals surface area contributed by atoms with E-state index < -0.39 is 10.0 Å². The van der Waals surface area contributed by atoms with E-state index >= 15 is 0 Å². The first-order valence-corrected chi connectivity index (χ1v) is 8.76. The minimum Gasteiger partial charge on any atom is -0.382 e. The lowest BCUT2D eigenvalue weighted by Crippen LogP contribution is -2.43. The van der Waals surface area contributed by atoms with Gasteiger partial charge in [0.15, 0.2) is 0 Å². The first-order chi connectivity index (χ1) is 9.57. The van der Waals surface area contributed by atoms with Gasteiger partial charge < -0.3 is 5.32 Å². The van der Waals surface area contributed by atoms with Crippen LogP contribution in [0.4, 0.5) is 11.4 Å². The molecule has 5 heteroatoms. The van der Waals surface area contributed by atoms with Gasteiger partial charge >= 0.3 is 0 Å². The van der Waals surface area contributed by atoms with Gasteiger partial charge in [-0.3, -0.25) is 4.72 Å². The summed E-state index contributed by atoms with van der Waals surface area (Å²) < 4.78 is 25.5. The van der Waals surface area contributed by atoms with Crippen molar-refractivity contribution in [2.45, 2.75) is 25.8 Å². The maximum Gasteiger partial charge on any atom is 0.232 e. The number of hydrogen-bond donors (Lipinski definition) is 2. The van der Waals surface area contributed by atoms with Gasteiger partial charge in [0.25, 0.3) is 0 Å². The van der Waals surface area contributed by atoms with Crippen molar-refractivity contribution < 1.29 is 8.42 Å². The van der Waals surface area contributed by atoms with E-state index in [0.29, 0.717) is 17.6 Å². The molecule has 0 radical (unpaired) electrons. The Bertz CT molecular complexity index is 607. The van der Waals surface area contributed by atoms with E-state index in [4.69, 9.17) is 0 Å². The van der Waals surface area contributed by atoms with Crippen LogP contribution in [0.25, 0.3) is 0 Å². The molecule has 4 nitrogen and oxygen atoms in total. The number of fused-ring (bicyclic) bond motifs is 1. The molecule has 3 unspecified atom stereocenters. The van der Waals surface area contributed by atoms with E-state index in [1.165, 1.54) is 12.8 Å². The van der Waals surface area contributed by atoms with Crippen LogP contribution in [-0.2, 0) is 10.0 Å². The monoisotopic (exact) mass is 292 g/mol. The highest BCUT2D eigenvalue weighted by Crippen LogP contribution is 2.44. The normalized spacial score (nSPS) is 27.8. The molecule has 0 aromatic heterocycles. The first kappa shape index (κ1) is 13.5. The van der Waals surface area contributed by atoms with Gasteiger partial charge in [-0.1, -0.05) is 12.2 Å². The maximum atomic E-state index is 11.5. The molecular formula is C15H20N2O2S. The fourth-order valence-corrected chi connectivity index (χ4v) is 3.62. The topological polar surface area (TPSA) is 58.2 Å². The molecule has 2 N–H and O–H groups in total. The summed E-state index contributed by atoms with van der Waals surface area (Å²) in [6.07, 6.45) is 7.04. The van der Waals surface area contributed by atoms with Crippen LogP contribution in [0.5, 0.6) is 0 Å². The second kappa shape index (κ2) is 5.13. The predicted octanol–water partition coefficient (Wildman–Crippen LogP) is 2.82. The second-order valence-electron chi connectivity index (χ2n) is 5.57. The van der Waals surface area contributed by atoms with Gasteiger partial charge in [-0.25, -0.2) is 8.42 Å². The van der Waals surface area contributed by atoms with Gasteiger partial charge in [0, 0.05) is 23.3 Å². The highest BCUT2D eigenvalue weighted by atomic mass is 32.2. The molecule has 0 saturated heterocycles. The Morgan fingerprint density at radius 3 is 2.55 bits per heavy atom. The minimum atomic E-state index is -3.19. The van der Waals surface area contributed by atoms with Crippen LogP contribution in [0.1, 0.15) is 19.8 Å². The Hall–Kier alpha value is -1.49. The van der Waals surface area contributed by atoms with Crippen molar-refractivity contribution in [1.82, 2.24) is 0 Å². The fourth-order valence-electron chi connectivity index (χ4n) is 2.98. The van der Waals surface area contributed by atoms with Gasteiger partial charge in [0.05, 0.1) is 5.75 Å². The Kier molecular flexibility index (Phi) is 3.46. The van der Waals surface area contributed by atoms with E-state index in [0.717, 1.165) is 11.6 Å². The summed E-state index contributed by atoms with van der Waals surface area (Å²) in [5.41, 5.74) is 1.66. The summed E-state index contributed by atoms with van der Waals surface area (Å²) in [7, 11) is -3.19. The maximum absolute atomic E-state index is 11.5. The molecule has 0 amide bonds. The van der Waals surface area contributed by atoms with Crippen LogP contribution < -0.4 is 10.0 Å². The zero-order chi connectivity index (χ0) is 14.2. The summed E-state index contributed by atoms with van der Waals surface area (Å²) in [5.74, 6) is 1.60. The van der Waals surface area contributed by atoms with Gasteiger partial charge in [0.2, 0.25) is 10.0 Å². The van der Waals surface area contributed by atoms with Crippen molar-refractivity contribution >= 4 is 21.4 Å². The summed E-state index contributed by atoms with van der Waals surface area (Å²) in [5, 5.41) is 3.53. The molecule has 3 atom stereocenters. The zero-order valence-electron chi connectivity index (χ0n) is 11.5. The third-order valence-corrected chi connectivity index (χ3v) is 5.56. The number of anilines is 2. The molecule has 0 bridgehead atoms. The number of allylic oxidation sites excluding steroid dienone is 1. The lowest BCUT2D eigenvalue weighted by atomic mass is 9.71. The largest absolute Gasteiger partial charge is 0.382 e. The van der Waals surface area contributed by atoms with Gasteiger partial charge in [-0.05, 0) is 49.9 Å². The molecule has 0 aliphatic heterocycles. The molecule has 1 aromatic carbocycles. The van der Waals surface area contributed by atoms with Crippen LogP contribution in [-0.4, -0.2) is 20.2 Å². The summed E-state index contributed by atoms with van der Waals surface area (Å²) in [6, 6.07) is 7.99. The highest BCUT2D eigenvalue weighted by Gasteiger charge is 2.40. The molecule has 2 aliphatic carbocycles. The molecule has 2 aliphatic rings. The standard InChI is InChI=1S/C15H20N2O2S/c1-2-20(18,19)17-13-8-6-12(7-9-13)16-15-10-11-4-3-5-14(11)15/h3,5-9,11,14-17H,2,4,10H2,1H3. The molecule has 1 fully saturated rings. The Balaban J connectivity index is 1.61. The van der Waals surface area contributed by atoms with Crippen molar-refractivity contribution in [1.29, 1.82) is 0 Å². The third kappa shape index (κ3) is 2.68. The van der Waals surface area contributed by atoms with Crippen molar-refractivity contribution in [3.05, 3.63) is 36.4 Å². The lowest BCUT2D eigenvalue weighted by molar-refractivity contribution is 0.218. The molecular weight excluding hydrogens is 272 g/mol. The van der Waals surface area contributed by atoms with E-state index in [2.05, 4.69) is 22.2 Å². The van der Waals surface area contributed by atoms with Crippen molar-refractivity contribution in [2.24, 2.45) is 11.8 Å². The van der Waals surface area contributed by atoms with E-state index in [9.17, 15) is 8.42 Å². The molecule has 1 saturated carbocycles. The molecule has 108 valence electrons. The summed E-state index contributed by atoms with van der Waals surface area (Å²) in [4.78, 5) is 0. The Morgan fingerprint density at radius 1 is 1.20 bits per heavy atom. The third-order valence-electron chi connectivity index (χ3n) is 4.25. The van der Waals surface area contributed by atoms with Crippen LogP contribution >= 0.6 is 0 Å². The lowest BCUT2D eigenvalue weighted by Gasteiger charge is -2.41. The van der Waals surface area contributed by atoms with Gasteiger partial charge in [0.1, 0.15) is 0 Å². The minimum absolute atomic E-state index is 0.0878. The average molecular weight is 292 g/mol. The van der Waals surface area contributed by atoms with Gasteiger partial charge in [-0.2, -0.15) is 0 Å². The van der Waals surface area contributed by atoms with Crippen molar-refractivity contribution in [2.75, 3.05) is 15.8 Å². The van der Waals surface area contributed by atoms with E-state index in [-0.39, 0.29) is 5.75 Å². The molecule has 3 rings (SSSR count). The summed E-state index contributed by atoms with van der Waals surface area (Å²) in [6.45, 7) is 1.63. The predicted molar refractivity (Wildman–Crippen MR) is 82.3 cm³/mol. The molecule has 20 heavy (non-hydrogen) atoms. The number of sulfonamides is 1. The quantitative estimate of drug-likeness (QED) is 0.820. The number of benzene rings is 1. The number of hydrogen-bond acceptors (Lipinski definition) is 3. The van der Waals surface area contributed by atoms with Crippen molar-refractivity contribution in [3.8, 4) is 0 Å². The summed E-state index contributed by atoms with van der Waals surface area (Å²) >= 11 is 0. The average Bonchev–Trinajstić information content (AvgIpc) is 2.79. The first-order valence-electron chi connectivity index (χ1n) is 7.11. The zero-order valence-corrected chi connectivity index (χ0v) is 12.4.